The summed E-state index contributed by atoms with van der Waals surface area (Å²) in [7, 11) is 0.205. The summed E-state index contributed by atoms with van der Waals surface area (Å²) in [5.74, 6) is 2.44. The molecule has 0 fully saturated rings. The number of hydrogen-bond donors (Lipinski definition) is 1. The van der Waals surface area contributed by atoms with Crippen LogP contribution in [0.3, 0.4) is 0 Å². The topological polar surface area (TPSA) is 37.3 Å². The van der Waals surface area contributed by atoms with Crippen molar-refractivity contribution in [2.75, 3.05) is 17.8 Å². The monoisotopic (exact) mass is 303 g/mol. The zero-order valence-corrected chi connectivity index (χ0v) is 15.6. The summed E-state index contributed by atoms with van der Waals surface area (Å²) in [4.78, 5) is 12.6. The molecule has 0 amide bonds. The van der Waals surface area contributed by atoms with Gasteiger partial charge < -0.3 is 5.11 Å². The fraction of sp³-hybridized carbons (Fsp3) is 0.941. The lowest BCUT2D eigenvalue weighted by atomic mass is 9.75. The van der Waals surface area contributed by atoms with Gasteiger partial charge in [-0.25, -0.2) is 0 Å². The Morgan fingerprint density at radius 3 is 2.00 bits per heavy atom. The molecule has 120 valence electrons. The van der Waals surface area contributed by atoms with Crippen LogP contribution >= 0.6 is 0 Å². The Morgan fingerprint density at radius 2 is 1.65 bits per heavy atom. The highest BCUT2D eigenvalue weighted by Gasteiger charge is 2.33. The number of ketones is 1. The van der Waals surface area contributed by atoms with Crippen LogP contribution in [0.4, 0.5) is 0 Å². The number of Topliss-reactive ketones (excluding diaryl/α,β-unsaturated/α-hetero) is 1. The van der Waals surface area contributed by atoms with Gasteiger partial charge in [-0.2, -0.15) is 0 Å². The maximum atomic E-state index is 12.6. The minimum absolute atomic E-state index is 0.152. The molecule has 3 heteroatoms. The maximum absolute atomic E-state index is 12.6. The van der Waals surface area contributed by atoms with Crippen molar-refractivity contribution >= 4 is 16.7 Å². The van der Waals surface area contributed by atoms with Crippen molar-refractivity contribution < 1.29 is 9.90 Å². The molecule has 0 aliphatic carbocycles. The van der Waals surface area contributed by atoms with Gasteiger partial charge in [-0.3, -0.25) is 4.79 Å². The molecule has 1 N–H and O–H groups in total. The molecule has 20 heavy (non-hydrogen) atoms. The molecule has 2 nitrogen and oxygen atoms in total. The molecule has 0 aromatic carbocycles. The Labute approximate surface area is 129 Å². The van der Waals surface area contributed by atoms with Crippen molar-refractivity contribution in [2.24, 2.45) is 16.7 Å². The Hall–Kier alpha value is -0.0200. The lowest BCUT2D eigenvalue weighted by Gasteiger charge is -2.29. The van der Waals surface area contributed by atoms with E-state index < -0.39 is 0 Å². The van der Waals surface area contributed by atoms with Gasteiger partial charge >= 0.3 is 0 Å². The van der Waals surface area contributed by atoms with E-state index in [1.165, 1.54) is 0 Å². The molecule has 0 bridgehead atoms. The van der Waals surface area contributed by atoms with Crippen molar-refractivity contribution in [3.05, 3.63) is 0 Å². The summed E-state index contributed by atoms with van der Waals surface area (Å²) >= 11 is 0. The van der Waals surface area contributed by atoms with Gasteiger partial charge in [-0.05, 0) is 29.7 Å². The van der Waals surface area contributed by atoms with Gasteiger partial charge in [0.1, 0.15) is 17.3 Å². The van der Waals surface area contributed by atoms with Crippen LogP contribution in [0.5, 0.6) is 0 Å². The van der Waals surface area contributed by atoms with Crippen molar-refractivity contribution in [3.8, 4) is 0 Å². The van der Waals surface area contributed by atoms with E-state index in [1.54, 1.807) is 0 Å². The van der Waals surface area contributed by atoms with Gasteiger partial charge in [0.15, 0.2) is 0 Å². The summed E-state index contributed by atoms with van der Waals surface area (Å²) in [6.07, 6.45) is 3.87. The average molecular weight is 304 g/mol. The van der Waals surface area contributed by atoms with E-state index in [1.807, 2.05) is 27.7 Å². The third kappa shape index (κ3) is 9.02. The summed E-state index contributed by atoms with van der Waals surface area (Å²) < 4.78 is 0. The van der Waals surface area contributed by atoms with Gasteiger partial charge in [-0.15, -0.1) is 0 Å². The van der Waals surface area contributed by atoms with Crippen LogP contribution in [0.1, 0.15) is 61.3 Å². The fourth-order valence-electron chi connectivity index (χ4n) is 2.52. The van der Waals surface area contributed by atoms with E-state index in [9.17, 15) is 9.90 Å². The molecule has 0 aliphatic rings. The van der Waals surface area contributed by atoms with Gasteiger partial charge in [0.05, 0.1) is 12.4 Å². The molecule has 0 saturated heterocycles. The van der Waals surface area contributed by atoms with E-state index in [0.29, 0.717) is 5.78 Å². The summed E-state index contributed by atoms with van der Waals surface area (Å²) in [6.45, 7) is 14.5. The fourth-order valence-corrected chi connectivity index (χ4v) is 4.19. The Morgan fingerprint density at radius 1 is 1.15 bits per heavy atom. The molecule has 0 heterocycles. The molecule has 0 aromatic heterocycles. The Bertz CT molecular complexity index is 297. The average Bonchev–Trinajstić information content (AvgIpc) is 2.19. The number of hydrogen-bond acceptors (Lipinski definition) is 2. The summed E-state index contributed by atoms with van der Waals surface area (Å²) in [5, 5.41) is 9.45. The van der Waals surface area contributed by atoms with Crippen molar-refractivity contribution in [1.29, 1.82) is 0 Å². The van der Waals surface area contributed by atoms with E-state index in [0.717, 1.165) is 24.3 Å². The van der Waals surface area contributed by atoms with Gasteiger partial charge in [0.2, 0.25) is 0 Å². The zero-order chi connectivity index (χ0) is 16.1. The summed E-state index contributed by atoms with van der Waals surface area (Å²) in [6, 6.07) is 0. The van der Waals surface area contributed by atoms with Crippen LogP contribution in [0.15, 0.2) is 0 Å². The van der Waals surface area contributed by atoms with Crippen molar-refractivity contribution in [2.45, 2.75) is 67.4 Å². The molecule has 3 atom stereocenters. The smallest absolute Gasteiger partial charge is 0.141 e. The summed E-state index contributed by atoms with van der Waals surface area (Å²) in [5.41, 5.74) is -0.0747. The first kappa shape index (κ1) is 20.0. The van der Waals surface area contributed by atoms with Crippen LogP contribution in [-0.2, 0) is 15.7 Å². The highest BCUT2D eigenvalue weighted by atomic mass is 32.2. The quantitative estimate of drug-likeness (QED) is 0.729. The number of aliphatic hydroxyl groups excluding tert-OH is 1. The van der Waals surface area contributed by atoms with Gasteiger partial charge in [-0.1, -0.05) is 41.5 Å². The second kappa shape index (κ2) is 7.84. The van der Waals surface area contributed by atoms with Gasteiger partial charge in [0, 0.05) is 17.8 Å². The number of carbonyl (C=O) groups is 1. The van der Waals surface area contributed by atoms with E-state index in [2.05, 4.69) is 27.0 Å². The van der Waals surface area contributed by atoms with E-state index in [-0.39, 0.29) is 33.7 Å². The first-order valence-corrected chi connectivity index (χ1v) is 9.61. The standard InChI is InChI=1S/C17H35O2S/c1-13(18)12-20(8)10-9-14(11-16(2,3)4)15(19)17(5,6)7/h13-14,18H,9-12H2,1-8H3/q+1/t13?,14-,20?/m1/s1. The zero-order valence-electron chi connectivity index (χ0n) is 14.7. The van der Waals surface area contributed by atoms with Crippen LogP contribution in [0.2, 0.25) is 0 Å². The van der Waals surface area contributed by atoms with Crippen LogP contribution in [0, 0.1) is 16.7 Å². The molecule has 0 rings (SSSR count). The molecular weight excluding hydrogens is 268 g/mol. The van der Waals surface area contributed by atoms with Crippen LogP contribution < -0.4 is 0 Å². The Balaban J connectivity index is 4.67. The SMILES string of the molecule is CC(O)C[S+](C)CC[C@H](CC(C)(C)C)C(=O)C(C)(C)C. The number of rotatable bonds is 7. The second-order valence-electron chi connectivity index (χ2n) is 8.37. The normalized spacial score (nSPS) is 17.6. The van der Waals surface area contributed by atoms with Crippen LogP contribution in [-0.4, -0.2) is 34.8 Å². The first-order valence-electron chi connectivity index (χ1n) is 7.64. The van der Waals surface area contributed by atoms with Crippen LogP contribution in [0.25, 0.3) is 0 Å². The third-order valence-corrected chi connectivity index (χ3v) is 5.29. The molecule has 0 spiro atoms. The first-order chi connectivity index (χ1) is 8.83. The minimum atomic E-state index is -0.257. The van der Waals surface area contributed by atoms with Gasteiger partial charge in [0.25, 0.3) is 0 Å². The molecular formula is C17H35O2S+. The predicted octanol–water partition coefficient (Wildman–Crippen LogP) is 3.67. The van der Waals surface area contributed by atoms with Crippen molar-refractivity contribution in [3.63, 3.8) is 0 Å². The maximum Gasteiger partial charge on any atom is 0.141 e. The molecule has 0 aliphatic heterocycles. The van der Waals surface area contributed by atoms with E-state index in [4.69, 9.17) is 0 Å². The number of carbonyl (C=O) groups excluding carboxylic acids is 1. The Kier molecular flexibility index (Phi) is 7.83. The second-order valence-corrected chi connectivity index (χ2v) is 10.7. The molecule has 0 radical (unpaired) electrons. The molecule has 0 aromatic rings. The molecule has 2 unspecified atom stereocenters. The van der Waals surface area contributed by atoms with E-state index >= 15 is 0 Å². The van der Waals surface area contributed by atoms with Crippen molar-refractivity contribution in [1.82, 2.24) is 0 Å². The lowest BCUT2D eigenvalue weighted by Crippen LogP contribution is -2.33. The number of aliphatic hydroxyl groups is 1. The lowest BCUT2D eigenvalue weighted by molar-refractivity contribution is -0.131. The predicted molar refractivity (Wildman–Crippen MR) is 91.3 cm³/mol. The highest BCUT2D eigenvalue weighted by molar-refractivity contribution is 7.96. The molecule has 0 saturated carbocycles. The largest absolute Gasteiger partial charge is 0.389 e. The highest BCUT2D eigenvalue weighted by Crippen LogP contribution is 2.32. The third-order valence-electron chi connectivity index (χ3n) is 3.31. The minimum Gasteiger partial charge on any atom is -0.389 e.